The Labute approximate surface area is 183 Å². The van der Waals surface area contributed by atoms with Crippen LogP contribution in [0, 0.1) is 0 Å². The van der Waals surface area contributed by atoms with Gasteiger partial charge in [0.25, 0.3) is 5.91 Å². The fourth-order valence-electron chi connectivity index (χ4n) is 2.82. The highest BCUT2D eigenvalue weighted by molar-refractivity contribution is 7.18. The zero-order valence-corrected chi connectivity index (χ0v) is 18.0. The van der Waals surface area contributed by atoms with Crippen molar-refractivity contribution < 1.29 is 28.7 Å². The molecule has 0 fully saturated rings. The van der Waals surface area contributed by atoms with Crippen molar-refractivity contribution in [1.82, 2.24) is 4.98 Å². The third-order valence-corrected chi connectivity index (χ3v) is 5.11. The first-order valence-electron chi connectivity index (χ1n) is 9.75. The van der Waals surface area contributed by atoms with Crippen LogP contribution in [0.25, 0.3) is 10.2 Å². The van der Waals surface area contributed by atoms with Crippen molar-refractivity contribution >= 4 is 45.1 Å². The number of carbonyl (C=O) groups excluding carboxylic acids is 3. The van der Waals surface area contributed by atoms with Crippen LogP contribution in [0.3, 0.4) is 0 Å². The first-order valence-corrected chi connectivity index (χ1v) is 10.6. The lowest BCUT2D eigenvalue weighted by Gasteiger charge is -2.23. The first kappa shape index (κ1) is 22.4. The second-order valence-corrected chi connectivity index (χ2v) is 7.37. The number of ether oxygens (including phenoxy) is 2. The molecule has 31 heavy (non-hydrogen) atoms. The van der Waals surface area contributed by atoms with Crippen LogP contribution in [-0.4, -0.2) is 36.0 Å². The number of amides is 1. The summed E-state index contributed by atoms with van der Waals surface area (Å²) in [6.07, 6.45) is -0.537. The standard InChI is InChI=1S/C22H22N2O6S/c1-3-28-21(26)13-20(25)24(17-11-7-5-9-15(17)22(27)29-4-2)30-14-19-23-16-10-6-8-12-18(16)31-19/h5-12H,3-4,13-14H2,1-2H3. The van der Waals surface area contributed by atoms with Crippen molar-refractivity contribution in [2.75, 3.05) is 18.3 Å². The molecule has 0 N–H and O–H groups in total. The number of fused-ring (bicyclic) bond motifs is 1. The maximum Gasteiger partial charge on any atom is 0.340 e. The second-order valence-electron chi connectivity index (χ2n) is 6.26. The minimum atomic E-state index is -0.685. The van der Waals surface area contributed by atoms with Crippen LogP contribution >= 0.6 is 11.3 Å². The summed E-state index contributed by atoms with van der Waals surface area (Å²) in [5.41, 5.74) is 1.14. The van der Waals surface area contributed by atoms with Gasteiger partial charge in [-0.05, 0) is 38.1 Å². The van der Waals surface area contributed by atoms with Gasteiger partial charge in [-0.3, -0.25) is 14.4 Å². The molecule has 2 aromatic carbocycles. The second kappa shape index (κ2) is 10.6. The molecule has 0 bridgehead atoms. The van der Waals surface area contributed by atoms with Gasteiger partial charge in [-0.15, -0.1) is 11.3 Å². The van der Waals surface area contributed by atoms with E-state index in [1.54, 1.807) is 32.0 Å². The van der Waals surface area contributed by atoms with E-state index in [9.17, 15) is 14.4 Å². The molecule has 0 radical (unpaired) electrons. The molecule has 3 rings (SSSR count). The largest absolute Gasteiger partial charge is 0.466 e. The molecule has 0 aliphatic rings. The topological polar surface area (TPSA) is 95.0 Å². The molecule has 0 unspecified atom stereocenters. The number of esters is 2. The van der Waals surface area contributed by atoms with Gasteiger partial charge in [0, 0.05) is 0 Å². The summed E-state index contributed by atoms with van der Waals surface area (Å²) in [5.74, 6) is -1.96. The Morgan fingerprint density at radius 1 is 0.968 bits per heavy atom. The van der Waals surface area contributed by atoms with Gasteiger partial charge in [-0.25, -0.2) is 9.78 Å². The van der Waals surface area contributed by atoms with E-state index in [1.807, 2.05) is 24.3 Å². The molecular weight excluding hydrogens is 420 g/mol. The number of rotatable bonds is 9. The van der Waals surface area contributed by atoms with Crippen LogP contribution in [-0.2, 0) is 30.5 Å². The SMILES string of the molecule is CCOC(=O)CC(=O)N(OCc1nc2ccccc2s1)c1ccccc1C(=O)OCC. The molecule has 1 amide bonds. The number of nitrogens with zero attached hydrogens (tertiary/aromatic N) is 2. The highest BCUT2D eigenvalue weighted by Crippen LogP contribution is 2.26. The molecule has 3 aromatic rings. The van der Waals surface area contributed by atoms with Gasteiger partial charge in [0.05, 0.1) is 34.7 Å². The Kier molecular flexibility index (Phi) is 7.69. The number of aromatic nitrogens is 1. The average Bonchev–Trinajstić information content (AvgIpc) is 3.17. The Balaban J connectivity index is 1.88. The van der Waals surface area contributed by atoms with E-state index >= 15 is 0 Å². The highest BCUT2D eigenvalue weighted by Gasteiger charge is 2.26. The van der Waals surface area contributed by atoms with Crippen molar-refractivity contribution in [2.45, 2.75) is 26.9 Å². The maximum atomic E-state index is 12.9. The quantitative estimate of drug-likeness (QED) is 0.282. The smallest absolute Gasteiger partial charge is 0.340 e. The number of thiazole rings is 1. The molecule has 8 nitrogen and oxygen atoms in total. The van der Waals surface area contributed by atoms with Crippen LogP contribution in [0.15, 0.2) is 48.5 Å². The van der Waals surface area contributed by atoms with E-state index in [4.69, 9.17) is 14.3 Å². The summed E-state index contributed by atoms with van der Waals surface area (Å²) >= 11 is 1.43. The number of para-hydroxylation sites is 2. The molecule has 0 atom stereocenters. The normalized spacial score (nSPS) is 10.6. The summed E-state index contributed by atoms with van der Waals surface area (Å²) in [5, 5.41) is 1.58. The van der Waals surface area contributed by atoms with Gasteiger partial charge >= 0.3 is 11.9 Å². The fourth-order valence-corrected chi connectivity index (χ4v) is 3.69. The van der Waals surface area contributed by atoms with Crippen molar-refractivity contribution in [1.29, 1.82) is 0 Å². The van der Waals surface area contributed by atoms with E-state index in [0.717, 1.165) is 15.3 Å². The maximum absolute atomic E-state index is 12.9. The number of hydrogen-bond donors (Lipinski definition) is 0. The molecule has 1 aromatic heterocycles. The zero-order valence-electron chi connectivity index (χ0n) is 17.2. The van der Waals surface area contributed by atoms with Gasteiger partial charge < -0.3 is 9.47 Å². The summed E-state index contributed by atoms with van der Waals surface area (Å²) < 4.78 is 10.9. The fraction of sp³-hybridized carbons (Fsp3) is 0.273. The highest BCUT2D eigenvalue weighted by atomic mass is 32.1. The molecule has 0 aliphatic heterocycles. The van der Waals surface area contributed by atoms with E-state index in [2.05, 4.69) is 4.98 Å². The Hall–Kier alpha value is -3.30. The van der Waals surface area contributed by atoms with E-state index in [1.165, 1.54) is 17.4 Å². The van der Waals surface area contributed by atoms with E-state index in [0.29, 0.717) is 5.01 Å². The zero-order chi connectivity index (χ0) is 22.2. The van der Waals surface area contributed by atoms with Gasteiger partial charge in [0.15, 0.2) is 0 Å². The van der Waals surface area contributed by atoms with Crippen LogP contribution in [0.1, 0.15) is 35.6 Å². The molecule has 1 heterocycles. The average molecular weight is 442 g/mol. The third kappa shape index (κ3) is 5.65. The molecule has 0 spiro atoms. The minimum absolute atomic E-state index is 0.0227. The van der Waals surface area contributed by atoms with Crippen molar-refractivity contribution in [3.05, 3.63) is 59.1 Å². The molecule has 9 heteroatoms. The number of benzene rings is 2. The summed E-state index contributed by atoms with van der Waals surface area (Å²) in [4.78, 5) is 47.4. The number of hydroxylamine groups is 1. The number of hydrogen-bond acceptors (Lipinski definition) is 8. The first-order chi connectivity index (χ1) is 15.0. The van der Waals surface area contributed by atoms with Crippen molar-refractivity contribution in [3.63, 3.8) is 0 Å². The third-order valence-electron chi connectivity index (χ3n) is 4.10. The predicted molar refractivity (Wildman–Crippen MR) is 116 cm³/mol. The van der Waals surface area contributed by atoms with Gasteiger partial charge in [0.2, 0.25) is 0 Å². The van der Waals surface area contributed by atoms with Gasteiger partial charge in [0.1, 0.15) is 18.0 Å². The lowest BCUT2D eigenvalue weighted by molar-refractivity contribution is -0.147. The summed E-state index contributed by atoms with van der Waals surface area (Å²) in [6, 6.07) is 14.0. The Morgan fingerprint density at radius 3 is 2.42 bits per heavy atom. The molecule has 0 saturated heterocycles. The molecule has 0 saturated carbocycles. The lowest BCUT2D eigenvalue weighted by atomic mass is 10.1. The van der Waals surface area contributed by atoms with Crippen LogP contribution in [0.4, 0.5) is 5.69 Å². The van der Waals surface area contributed by atoms with Crippen LogP contribution in [0.5, 0.6) is 0 Å². The molecule has 0 aliphatic carbocycles. The van der Waals surface area contributed by atoms with Gasteiger partial charge in [-0.1, -0.05) is 24.3 Å². The van der Waals surface area contributed by atoms with E-state index < -0.39 is 24.3 Å². The van der Waals surface area contributed by atoms with Crippen LogP contribution in [0.2, 0.25) is 0 Å². The minimum Gasteiger partial charge on any atom is -0.466 e. The predicted octanol–water partition coefficient (Wildman–Crippen LogP) is 3.89. The molecular formula is C22H22N2O6S. The van der Waals surface area contributed by atoms with Crippen molar-refractivity contribution in [3.8, 4) is 0 Å². The van der Waals surface area contributed by atoms with Gasteiger partial charge in [-0.2, -0.15) is 5.06 Å². The lowest BCUT2D eigenvalue weighted by Crippen LogP contribution is -2.34. The van der Waals surface area contributed by atoms with Crippen LogP contribution < -0.4 is 5.06 Å². The monoisotopic (exact) mass is 442 g/mol. The number of anilines is 1. The number of carbonyl (C=O) groups is 3. The van der Waals surface area contributed by atoms with E-state index in [-0.39, 0.29) is 31.1 Å². The summed E-state index contributed by atoms with van der Waals surface area (Å²) in [6.45, 7) is 3.65. The van der Waals surface area contributed by atoms with Crippen molar-refractivity contribution in [2.24, 2.45) is 0 Å². The Bertz CT molecular complexity index is 1050. The molecule has 162 valence electrons. The Morgan fingerprint density at radius 2 is 1.68 bits per heavy atom. The summed E-state index contributed by atoms with van der Waals surface area (Å²) in [7, 11) is 0.